The van der Waals surface area contributed by atoms with E-state index < -0.39 is 0 Å². The number of ketones is 1. The molecule has 1 aromatic heterocycles. The molecule has 3 nitrogen and oxygen atoms in total. The number of rotatable bonds is 5. The second-order valence-electron chi connectivity index (χ2n) is 4.34. The van der Waals surface area contributed by atoms with Crippen LogP contribution in [0.5, 0.6) is 0 Å². The Morgan fingerprint density at radius 2 is 1.80 bits per heavy atom. The van der Waals surface area contributed by atoms with Crippen molar-refractivity contribution in [2.45, 2.75) is 11.6 Å². The van der Waals surface area contributed by atoms with E-state index in [0.29, 0.717) is 17.4 Å². The van der Waals surface area contributed by atoms with Crippen LogP contribution in [0.25, 0.3) is 11.1 Å². The molecular formula is C16H13NO2S. The first kappa shape index (κ1) is 12.9. The zero-order valence-electron chi connectivity index (χ0n) is 10.8. The van der Waals surface area contributed by atoms with Crippen LogP contribution in [0.15, 0.2) is 64.2 Å². The van der Waals surface area contributed by atoms with E-state index >= 15 is 0 Å². The van der Waals surface area contributed by atoms with Gasteiger partial charge in [-0.2, -0.15) is 0 Å². The summed E-state index contributed by atoms with van der Waals surface area (Å²) < 4.78 is 5.60. The Labute approximate surface area is 121 Å². The maximum absolute atomic E-state index is 11.9. The van der Waals surface area contributed by atoms with E-state index in [-0.39, 0.29) is 5.78 Å². The molecular weight excluding hydrogens is 270 g/mol. The minimum absolute atomic E-state index is 0.147. The molecule has 4 heteroatoms. The minimum Gasteiger partial charge on any atom is -0.431 e. The van der Waals surface area contributed by atoms with Crippen LogP contribution in [-0.4, -0.2) is 16.5 Å². The summed E-state index contributed by atoms with van der Waals surface area (Å²) in [6.07, 6.45) is 0.480. The fourth-order valence-corrected chi connectivity index (χ4v) is 2.69. The summed E-state index contributed by atoms with van der Waals surface area (Å²) in [5, 5.41) is 0.618. The molecule has 20 heavy (non-hydrogen) atoms. The van der Waals surface area contributed by atoms with Crippen LogP contribution in [0, 0.1) is 0 Å². The molecule has 0 N–H and O–H groups in total. The van der Waals surface area contributed by atoms with E-state index in [0.717, 1.165) is 16.7 Å². The van der Waals surface area contributed by atoms with Crippen molar-refractivity contribution in [3.05, 3.63) is 60.2 Å². The fourth-order valence-electron chi connectivity index (χ4n) is 1.91. The first-order chi connectivity index (χ1) is 9.83. The lowest BCUT2D eigenvalue weighted by molar-refractivity contribution is 0.0989. The number of Topliss-reactive ketones (excluding diaryl/α,β-unsaturated/α-hetero) is 1. The number of benzene rings is 2. The van der Waals surface area contributed by atoms with E-state index in [9.17, 15) is 4.79 Å². The van der Waals surface area contributed by atoms with E-state index in [1.807, 2.05) is 54.6 Å². The van der Waals surface area contributed by atoms with Crippen LogP contribution in [0.4, 0.5) is 0 Å². The summed E-state index contributed by atoms with van der Waals surface area (Å²) in [7, 11) is 0. The normalized spacial score (nSPS) is 10.8. The van der Waals surface area contributed by atoms with Gasteiger partial charge in [0.1, 0.15) is 5.52 Å². The van der Waals surface area contributed by atoms with Crippen molar-refractivity contribution >= 4 is 28.6 Å². The van der Waals surface area contributed by atoms with Crippen molar-refractivity contribution in [3.8, 4) is 0 Å². The van der Waals surface area contributed by atoms with E-state index in [1.165, 1.54) is 11.8 Å². The number of oxazole rings is 1. The quantitative estimate of drug-likeness (QED) is 0.520. The van der Waals surface area contributed by atoms with Crippen molar-refractivity contribution in [1.82, 2.24) is 4.98 Å². The molecule has 3 rings (SSSR count). The zero-order chi connectivity index (χ0) is 13.8. The molecule has 0 saturated carbocycles. The summed E-state index contributed by atoms with van der Waals surface area (Å²) in [5.41, 5.74) is 2.39. The van der Waals surface area contributed by atoms with Gasteiger partial charge in [0, 0.05) is 17.7 Å². The van der Waals surface area contributed by atoms with Gasteiger partial charge in [-0.1, -0.05) is 54.2 Å². The maximum atomic E-state index is 11.9. The van der Waals surface area contributed by atoms with Crippen molar-refractivity contribution in [3.63, 3.8) is 0 Å². The first-order valence-electron chi connectivity index (χ1n) is 6.39. The topological polar surface area (TPSA) is 43.1 Å². The highest BCUT2D eigenvalue weighted by Gasteiger charge is 2.08. The van der Waals surface area contributed by atoms with Gasteiger partial charge in [-0.25, -0.2) is 4.98 Å². The number of aromatic nitrogens is 1. The monoisotopic (exact) mass is 283 g/mol. The Morgan fingerprint density at radius 3 is 2.60 bits per heavy atom. The number of thioether (sulfide) groups is 1. The van der Waals surface area contributed by atoms with Crippen LogP contribution in [-0.2, 0) is 0 Å². The highest BCUT2D eigenvalue weighted by atomic mass is 32.2. The molecule has 3 aromatic rings. The molecule has 0 atom stereocenters. The molecule has 0 aliphatic carbocycles. The number of para-hydroxylation sites is 2. The Bertz CT molecular complexity index is 688. The van der Waals surface area contributed by atoms with Gasteiger partial charge in [-0.15, -0.1) is 0 Å². The van der Waals surface area contributed by atoms with Gasteiger partial charge in [0.25, 0.3) is 5.22 Å². The summed E-state index contributed by atoms with van der Waals surface area (Å²) in [4.78, 5) is 16.3. The molecule has 0 bridgehead atoms. The Morgan fingerprint density at radius 1 is 1.05 bits per heavy atom. The summed E-state index contributed by atoms with van der Waals surface area (Å²) in [6, 6.07) is 17.0. The van der Waals surface area contributed by atoms with E-state index in [2.05, 4.69) is 4.98 Å². The molecule has 0 amide bonds. The number of nitrogens with zero attached hydrogens (tertiary/aromatic N) is 1. The van der Waals surface area contributed by atoms with Gasteiger partial charge in [0.05, 0.1) is 0 Å². The van der Waals surface area contributed by atoms with E-state index in [4.69, 9.17) is 4.42 Å². The lowest BCUT2D eigenvalue weighted by atomic mass is 10.1. The Hall–Kier alpha value is -2.07. The molecule has 2 aromatic carbocycles. The summed E-state index contributed by atoms with van der Waals surface area (Å²) >= 11 is 1.47. The predicted octanol–water partition coefficient (Wildman–Crippen LogP) is 4.19. The van der Waals surface area contributed by atoms with Crippen molar-refractivity contribution in [2.75, 3.05) is 5.75 Å². The standard InChI is InChI=1S/C16H13NO2S/c18-14(12-6-2-1-3-7-12)10-11-20-16-17-13-8-4-5-9-15(13)19-16/h1-9H,10-11H2. The average Bonchev–Trinajstić information content (AvgIpc) is 2.90. The lowest BCUT2D eigenvalue weighted by Gasteiger charge is -1.98. The highest BCUT2D eigenvalue weighted by molar-refractivity contribution is 7.99. The molecule has 0 fully saturated rings. The van der Waals surface area contributed by atoms with Crippen molar-refractivity contribution in [2.24, 2.45) is 0 Å². The number of hydrogen-bond acceptors (Lipinski definition) is 4. The molecule has 0 radical (unpaired) electrons. The maximum Gasteiger partial charge on any atom is 0.256 e. The number of carbonyl (C=O) groups is 1. The van der Waals surface area contributed by atoms with Gasteiger partial charge >= 0.3 is 0 Å². The predicted molar refractivity (Wildman–Crippen MR) is 80.1 cm³/mol. The Kier molecular flexibility index (Phi) is 3.83. The number of carbonyl (C=O) groups excluding carboxylic acids is 1. The van der Waals surface area contributed by atoms with Crippen molar-refractivity contribution < 1.29 is 9.21 Å². The van der Waals surface area contributed by atoms with Gasteiger partial charge in [-0.3, -0.25) is 4.79 Å². The molecule has 0 aliphatic rings. The van der Waals surface area contributed by atoms with Crippen LogP contribution < -0.4 is 0 Å². The highest BCUT2D eigenvalue weighted by Crippen LogP contribution is 2.23. The van der Waals surface area contributed by atoms with Gasteiger partial charge < -0.3 is 4.42 Å². The molecule has 1 heterocycles. The van der Waals surface area contributed by atoms with Gasteiger partial charge in [-0.05, 0) is 12.1 Å². The minimum atomic E-state index is 0.147. The zero-order valence-corrected chi connectivity index (χ0v) is 11.6. The number of fused-ring (bicyclic) bond motifs is 1. The number of hydrogen-bond donors (Lipinski definition) is 0. The van der Waals surface area contributed by atoms with Gasteiger partial charge in [0.2, 0.25) is 0 Å². The second kappa shape index (κ2) is 5.92. The van der Waals surface area contributed by atoms with Gasteiger partial charge in [0.15, 0.2) is 11.4 Å². The van der Waals surface area contributed by atoms with Crippen LogP contribution in [0.3, 0.4) is 0 Å². The summed E-state index contributed by atoms with van der Waals surface area (Å²) in [5.74, 6) is 0.815. The molecule has 0 unspecified atom stereocenters. The van der Waals surface area contributed by atoms with Crippen LogP contribution in [0.1, 0.15) is 16.8 Å². The fraction of sp³-hybridized carbons (Fsp3) is 0.125. The molecule has 0 aliphatic heterocycles. The van der Waals surface area contributed by atoms with Crippen LogP contribution in [0.2, 0.25) is 0 Å². The smallest absolute Gasteiger partial charge is 0.256 e. The third kappa shape index (κ3) is 2.91. The Balaban J connectivity index is 1.58. The molecule has 0 spiro atoms. The van der Waals surface area contributed by atoms with Crippen molar-refractivity contribution in [1.29, 1.82) is 0 Å². The third-order valence-electron chi connectivity index (χ3n) is 2.92. The van der Waals surface area contributed by atoms with Crippen LogP contribution >= 0.6 is 11.8 Å². The molecule has 100 valence electrons. The van der Waals surface area contributed by atoms with E-state index in [1.54, 1.807) is 0 Å². The average molecular weight is 283 g/mol. The first-order valence-corrected chi connectivity index (χ1v) is 7.38. The SMILES string of the molecule is O=C(CCSc1nc2ccccc2o1)c1ccccc1. The summed E-state index contributed by atoms with van der Waals surface area (Å²) in [6.45, 7) is 0. The largest absolute Gasteiger partial charge is 0.431 e. The third-order valence-corrected chi connectivity index (χ3v) is 3.75. The molecule has 0 saturated heterocycles. The lowest BCUT2D eigenvalue weighted by Crippen LogP contribution is -1.99. The second-order valence-corrected chi connectivity index (χ2v) is 5.38.